The fourth-order valence-electron chi connectivity index (χ4n) is 4.43. The van der Waals surface area contributed by atoms with E-state index in [1.54, 1.807) is 13.0 Å². The molecule has 2 bridgehead atoms. The fourth-order valence-corrected chi connectivity index (χ4v) is 5.24. The average molecular weight is 412 g/mol. The number of thiazole rings is 1. The number of amides is 1. The third-order valence-electron chi connectivity index (χ3n) is 5.90. The topological polar surface area (TPSA) is 45.7 Å². The highest BCUT2D eigenvalue weighted by molar-refractivity contribution is 7.20. The Morgan fingerprint density at radius 1 is 1.21 bits per heavy atom. The van der Waals surface area contributed by atoms with E-state index in [4.69, 9.17) is 4.74 Å². The van der Waals surface area contributed by atoms with E-state index in [-0.39, 0.29) is 11.7 Å². The SMILES string of the molecule is CC(=O)N1C[C@H]2C[C@@H]1CN2CCc1ccc(Oc2nc3cc(F)ccc3s2)cc1. The van der Waals surface area contributed by atoms with Gasteiger partial charge in [-0.15, -0.1) is 0 Å². The summed E-state index contributed by atoms with van der Waals surface area (Å²) in [6.07, 6.45) is 2.09. The van der Waals surface area contributed by atoms with Crippen LogP contribution in [0.1, 0.15) is 18.9 Å². The number of halogens is 1. The molecule has 0 N–H and O–H groups in total. The number of hydrogen-bond acceptors (Lipinski definition) is 5. The van der Waals surface area contributed by atoms with E-state index >= 15 is 0 Å². The lowest BCUT2D eigenvalue weighted by atomic mass is 10.1. The molecule has 5 rings (SSSR count). The van der Waals surface area contributed by atoms with E-state index in [0.29, 0.717) is 22.8 Å². The van der Waals surface area contributed by atoms with Crippen LogP contribution in [0.25, 0.3) is 10.2 Å². The first-order valence-electron chi connectivity index (χ1n) is 9.89. The van der Waals surface area contributed by atoms with Gasteiger partial charge in [0, 0.05) is 44.7 Å². The Hall–Kier alpha value is -2.51. The summed E-state index contributed by atoms with van der Waals surface area (Å²) in [5, 5.41) is 0.515. The molecule has 3 heterocycles. The number of carbonyl (C=O) groups excluding carboxylic acids is 1. The molecule has 2 aromatic carbocycles. The second-order valence-electron chi connectivity index (χ2n) is 7.80. The van der Waals surface area contributed by atoms with Gasteiger partial charge in [0.05, 0.1) is 10.2 Å². The van der Waals surface area contributed by atoms with Crippen LogP contribution in [0.3, 0.4) is 0 Å². The molecule has 0 aliphatic carbocycles. The van der Waals surface area contributed by atoms with Crippen molar-refractivity contribution in [3.63, 3.8) is 0 Å². The lowest BCUT2D eigenvalue weighted by molar-refractivity contribution is -0.131. The molecule has 0 radical (unpaired) electrons. The summed E-state index contributed by atoms with van der Waals surface area (Å²) in [6, 6.07) is 13.6. The predicted octanol–water partition coefficient (Wildman–Crippen LogP) is 4.08. The molecule has 0 saturated carbocycles. The summed E-state index contributed by atoms with van der Waals surface area (Å²) in [5.74, 6) is 0.635. The predicted molar refractivity (Wildman–Crippen MR) is 111 cm³/mol. The van der Waals surface area contributed by atoms with Crippen molar-refractivity contribution in [2.45, 2.75) is 31.8 Å². The van der Waals surface area contributed by atoms with Crippen molar-refractivity contribution >= 4 is 27.5 Å². The van der Waals surface area contributed by atoms with E-state index in [1.807, 2.05) is 17.0 Å². The fraction of sp³-hybridized carbons (Fsp3) is 0.364. The maximum Gasteiger partial charge on any atom is 0.279 e. The number of hydrogen-bond donors (Lipinski definition) is 0. The molecule has 0 unspecified atom stereocenters. The van der Waals surface area contributed by atoms with Gasteiger partial charge in [0.15, 0.2) is 0 Å². The molecule has 1 amide bonds. The van der Waals surface area contributed by atoms with Crippen LogP contribution in [0.5, 0.6) is 10.9 Å². The van der Waals surface area contributed by atoms with Gasteiger partial charge in [0.25, 0.3) is 5.19 Å². The largest absolute Gasteiger partial charge is 0.431 e. The Labute approximate surface area is 172 Å². The minimum Gasteiger partial charge on any atom is -0.431 e. The smallest absolute Gasteiger partial charge is 0.279 e. The van der Waals surface area contributed by atoms with Crippen LogP contribution in [0.2, 0.25) is 0 Å². The highest BCUT2D eigenvalue weighted by Crippen LogP contribution is 2.32. The number of rotatable bonds is 5. The zero-order valence-electron chi connectivity index (χ0n) is 16.2. The number of piperazine rings is 1. The van der Waals surface area contributed by atoms with Gasteiger partial charge in [0.1, 0.15) is 11.6 Å². The molecular weight excluding hydrogens is 389 g/mol. The van der Waals surface area contributed by atoms with Crippen LogP contribution >= 0.6 is 11.3 Å². The molecule has 2 saturated heterocycles. The van der Waals surface area contributed by atoms with Gasteiger partial charge in [-0.05, 0) is 42.7 Å². The molecule has 29 heavy (non-hydrogen) atoms. The quantitative estimate of drug-likeness (QED) is 0.635. The second kappa shape index (κ2) is 7.39. The molecule has 2 aliphatic heterocycles. The van der Waals surface area contributed by atoms with Gasteiger partial charge in [-0.1, -0.05) is 23.5 Å². The van der Waals surface area contributed by atoms with Gasteiger partial charge in [-0.25, -0.2) is 9.37 Å². The van der Waals surface area contributed by atoms with Crippen LogP contribution in [0.15, 0.2) is 42.5 Å². The highest BCUT2D eigenvalue weighted by Gasteiger charge is 2.43. The lowest BCUT2D eigenvalue weighted by Crippen LogP contribution is -2.48. The lowest BCUT2D eigenvalue weighted by Gasteiger charge is -2.33. The van der Waals surface area contributed by atoms with Crippen LogP contribution < -0.4 is 4.74 Å². The Bertz CT molecular complexity index is 1050. The Kier molecular flexibility index (Phi) is 4.72. The van der Waals surface area contributed by atoms with E-state index in [1.165, 1.54) is 29.0 Å². The first-order valence-corrected chi connectivity index (χ1v) is 10.7. The van der Waals surface area contributed by atoms with E-state index in [9.17, 15) is 9.18 Å². The summed E-state index contributed by atoms with van der Waals surface area (Å²) < 4.78 is 20.1. The third kappa shape index (κ3) is 3.72. The van der Waals surface area contributed by atoms with Crippen LogP contribution in [-0.4, -0.2) is 52.4 Å². The van der Waals surface area contributed by atoms with Gasteiger partial charge in [-0.2, -0.15) is 0 Å². The van der Waals surface area contributed by atoms with Crippen molar-refractivity contribution in [3.8, 4) is 10.9 Å². The number of aromatic nitrogens is 1. The van der Waals surface area contributed by atoms with Crippen LogP contribution in [0, 0.1) is 5.82 Å². The van der Waals surface area contributed by atoms with Crippen LogP contribution in [-0.2, 0) is 11.2 Å². The van der Waals surface area contributed by atoms with Gasteiger partial charge < -0.3 is 9.64 Å². The molecule has 2 atom stereocenters. The zero-order chi connectivity index (χ0) is 20.0. The molecule has 2 fully saturated rings. The number of nitrogens with zero attached hydrogens (tertiary/aromatic N) is 3. The van der Waals surface area contributed by atoms with Gasteiger partial charge in [-0.3, -0.25) is 9.69 Å². The van der Waals surface area contributed by atoms with Crippen LogP contribution in [0.4, 0.5) is 4.39 Å². The van der Waals surface area contributed by atoms with Crippen molar-refractivity contribution in [1.29, 1.82) is 0 Å². The summed E-state index contributed by atoms with van der Waals surface area (Å²) in [4.78, 5) is 20.5. The van der Waals surface area contributed by atoms with E-state index in [0.717, 1.165) is 42.9 Å². The monoisotopic (exact) mass is 411 g/mol. The molecule has 1 aromatic heterocycles. The number of benzene rings is 2. The second-order valence-corrected chi connectivity index (χ2v) is 8.79. The summed E-state index contributed by atoms with van der Waals surface area (Å²) in [7, 11) is 0. The number of likely N-dealkylation sites (tertiary alicyclic amines) is 2. The highest BCUT2D eigenvalue weighted by atomic mass is 32.1. The Morgan fingerprint density at radius 3 is 2.76 bits per heavy atom. The normalized spacial score (nSPS) is 21.2. The molecular formula is C22H22FN3O2S. The minimum atomic E-state index is -0.293. The summed E-state index contributed by atoms with van der Waals surface area (Å²) in [5.41, 5.74) is 1.87. The van der Waals surface area contributed by atoms with Crippen molar-refractivity contribution in [1.82, 2.24) is 14.8 Å². The molecule has 0 spiro atoms. The zero-order valence-corrected chi connectivity index (χ0v) is 17.0. The van der Waals surface area contributed by atoms with Gasteiger partial charge >= 0.3 is 0 Å². The van der Waals surface area contributed by atoms with Crippen molar-refractivity contribution in [3.05, 3.63) is 53.8 Å². The standard InChI is InChI=1S/C22H22FN3O2S/c1-14(27)26-13-17-11-18(26)12-25(17)9-8-15-2-5-19(6-3-15)28-22-24-20-10-16(23)4-7-21(20)29-22/h2-7,10,17-18H,8-9,11-13H2,1H3/t17-,18-/m1/s1. The minimum absolute atomic E-state index is 0.200. The number of ether oxygens (including phenoxy) is 1. The average Bonchev–Trinajstić information content (AvgIpc) is 3.40. The molecule has 150 valence electrons. The van der Waals surface area contributed by atoms with E-state index < -0.39 is 0 Å². The summed E-state index contributed by atoms with van der Waals surface area (Å²) in [6.45, 7) is 4.54. The maximum atomic E-state index is 13.3. The first kappa shape index (κ1) is 18.5. The van der Waals surface area contributed by atoms with Gasteiger partial charge in [0.2, 0.25) is 5.91 Å². The molecule has 5 nitrogen and oxygen atoms in total. The first-order chi connectivity index (χ1) is 14.0. The Morgan fingerprint density at radius 2 is 2.03 bits per heavy atom. The van der Waals surface area contributed by atoms with E-state index in [2.05, 4.69) is 22.0 Å². The molecule has 2 aliphatic rings. The van der Waals surface area contributed by atoms with Crippen molar-refractivity contribution < 1.29 is 13.9 Å². The maximum absolute atomic E-state index is 13.3. The van der Waals surface area contributed by atoms with Crippen molar-refractivity contribution in [2.75, 3.05) is 19.6 Å². The summed E-state index contributed by atoms with van der Waals surface area (Å²) >= 11 is 1.41. The Balaban J connectivity index is 1.17. The molecule has 7 heteroatoms. The number of fused-ring (bicyclic) bond motifs is 3. The molecule has 3 aromatic rings. The number of carbonyl (C=O) groups is 1. The third-order valence-corrected chi connectivity index (χ3v) is 6.82. The van der Waals surface area contributed by atoms with Crippen molar-refractivity contribution in [2.24, 2.45) is 0 Å².